The third-order valence-corrected chi connectivity index (χ3v) is 3.12. The third kappa shape index (κ3) is 3.54. The number of carbonyl (C=O) groups excluding carboxylic acids is 1. The molecule has 1 aliphatic rings. The lowest BCUT2D eigenvalue weighted by Crippen LogP contribution is -2.27. The van der Waals surface area contributed by atoms with E-state index in [1.165, 1.54) is 13.5 Å². The van der Waals surface area contributed by atoms with Crippen LogP contribution in [0.4, 0.5) is 0 Å². The molecule has 0 aliphatic heterocycles. The molecule has 2 atom stereocenters. The van der Waals surface area contributed by atoms with Gasteiger partial charge in [0.25, 0.3) is 0 Å². The molecule has 0 aromatic heterocycles. The molecule has 1 aliphatic carbocycles. The summed E-state index contributed by atoms with van der Waals surface area (Å²) in [7, 11) is 1.48. The maximum Gasteiger partial charge on any atom is 0.308 e. The highest BCUT2D eigenvalue weighted by molar-refractivity contribution is 5.72. The molecule has 0 bridgehead atoms. The molecule has 2 heteroatoms. The van der Waals surface area contributed by atoms with Crippen molar-refractivity contribution in [3.05, 3.63) is 24.8 Å². The molecule has 84 valence electrons. The van der Waals surface area contributed by atoms with Gasteiger partial charge in [-0.25, -0.2) is 0 Å². The van der Waals surface area contributed by atoms with E-state index in [0.717, 1.165) is 25.7 Å². The smallest absolute Gasteiger partial charge is 0.308 e. The van der Waals surface area contributed by atoms with Crippen LogP contribution in [0, 0.1) is 11.8 Å². The maximum atomic E-state index is 11.5. The second-order valence-electron chi connectivity index (χ2n) is 4.07. The van der Waals surface area contributed by atoms with Crippen molar-refractivity contribution in [1.82, 2.24) is 0 Å². The highest BCUT2D eigenvalue weighted by atomic mass is 16.5. The Morgan fingerprint density at radius 2 is 2.20 bits per heavy atom. The van der Waals surface area contributed by atoms with Gasteiger partial charge in [-0.3, -0.25) is 4.79 Å². The van der Waals surface area contributed by atoms with Gasteiger partial charge < -0.3 is 4.74 Å². The molecule has 0 radical (unpaired) electrons. The standard InChI is InChI=1S/C13H20O2/c1-3-4-5-8-11-9-6-7-10-12(11)13(14)15-2/h3-5,11-12H,1,6-10H2,2H3/b5-4+. The van der Waals surface area contributed by atoms with E-state index in [4.69, 9.17) is 4.74 Å². The summed E-state index contributed by atoms with van der Waals surface area (Å²) in [6, 6.07) is 0. The van der Waals surface area contributed by atoms with E-state index >= 15 is 0 Å². The largest absolute Gasteiger partial charge is 0.469 e. The SMILES string of the molecule is C=C/C=C/CC1CCCCC1C(=O)OC. The van der Waals surface area contributed by atoms with Gasteiger partial charge in [0.15, 0.2) is 0 Å². The van der Waals surface area contributed by atoms with Gasteiger partial charge in [0.2, 0.25) is 0 Å². The molecule has 1 rings (SSSR count). The maximum absolute atomic E-state index is 11.5. The molecule has 2 nitrogen and oxygen atoms in total. The second kappa shape index (κ2) is 6.44. The molecular weight excluding hydrogens is 188 g/mol. The van der Waals surface area contributed by atoms with Crippen LogP contribution in [0.5, 0.6) is 0 Å². The first kappa shape index (κ1) is 12.0. The summed E-state index contributed by atoms with van der Waals surface area (Å²) in [5.74, 6) is 0.535. The number of carbonyl (C=O) groups is 1. The van der Waals surface area contributed by atoms with Crippen LogP contribution in [-0.4, -0.2) is 13.1 Å². The Balaban J connectivity index is 2.53. The Morgan fingerprint density at radius 1 is 1.47 bits per heavy atom. The first-order valence-electron chi connectivity index (χ1n) is 5.65. The van der Waals surface area contributed by atoms with Gasteiger partial charge in [-0.2, -0.15) is 0 Å². The number of esters is 1. The summed E-state index contributed by atoms with van der Waals surface area (Å²) >= 11 is 0. The zero-order chi connectivity index (χ0) is 11.1. The minimum Gasteiger partial charge on any atom is -0.469 e. The number of ether oxygens (including phenoxy) is 1. The van der Waals surface area contributed by atoms with Crippen LogP contribution in [0.25, 0.3) is 0 Å². The summed E-state index contributed by atoms with van der Waals surface area (Å²) in [6.07, 6.45) is 11.3. The molecule has 0 spiro atoms. The van der Waals surface area contributed by atoms with Crippen molar-refractivity contribution in [1.29, 1.82) is 0 Å². The van der Waals surface area contributed by atoms with Gasteiger partial charge in [-0.1, -0.05) is 37.6 Å². The van der Waals surface area contributed by atoms with Crippen LogP contribution < -0.4 is 0 Å². The molecule has 0 aromatic rings. The van der Waals surface area contributed by atoms with Crippen molar-refractivity contribution in [2.75, 3.05) is 7.11 Å². The average molecular weight is 208 g/mol. The highest BCUT2D eigenvalue weighted by Crippen LogP contribution is 2.33. The van der Waals surface area contributed by atoms with E-state index in [9.17, 15) is 4.79 Å². The number of rotatable bonds is 4. The summed E-state index contributed by atoms with van der Waals surface area (Å²) in [5, 5.41) is 0. The Labute approximate surface area is 92.0 Å². The lowest BCUT2D eigenvalue weighted by molar-refractivity contribution is -0.148. The number of hydrogen-bond acceptors (Lipinski definition) is 2. The van der Waals surface area contributed by atoms with Gasteiger partial charge in [0, 0.05) is 0 Å². The molecule has 15 heavy (non-hydrogen) atoms. The monoisotopic (exact) mass is 208 g/mol. The Kier molecular flexibility index (Phi) is 5.16. The van der Waals surface area contributed by atoms with Gasteiger partial charge in [0.05, 0.1) is 13.0 Å². The summed E-state index contributed by atoms with van der Waals surface area (Å²) in [6.45, 7) is 3.64. The van der Waals surface area contributed by atoms with E-state index in [2.05, 4.69) is 12.7 Å². The zero-order valence-corrected chi connectivity index (χ0v) is 9.45. The molecule has 1 saturated carbocycles. The molecule has 0 aromatic carbocycles. The van der Waals surface area contributed by atoms with Crippen molar-refractivity contribution in [2.24, 2.45) is 11.8 Å². The molecule has 0 N–H and O–H groups in total. The van der Waals surface area contributed by atoms with E-state index in [0.29, 0.717) is 5.92 Å². The quantitative estimate of drug-likeness (QED) is 0.524. The normalized spacial score (nSPS) is 26.5. The lowest BCUT2D eigenvalue weighted by Gasteiger charge is -2.28. The Bertz CT molecular complexity index is 243. The van der Waals surface area contributed by atoms with Crippen LogP contribution in [0.15, 0.2) is 24.8 Å². The summed E-state index contributed by atoms with van der Waals surface area (Å²) in [4.78, 5) is 11.5. The predicted molar refractivity (Wildman–Crippen MR) is 61.4 cm³/mol. The number of allylic oxidation sites excluding steroid dienone is 3. The molecule has 0 amide bonds. The van der Waals surface area contributed by atoms with Crippen LogP contribution >= 0.6 is 0 Å². The molecule has 0 heterocycles. The van der Waals surface area contributed by atoms with E-state index in [-0.39, 0.29) is 11.9 Å². The fraction of sp³-hybridized carbons (Fsp3) is 0.615. The van der Waals surface area contributed by atoms with Gasteiger partial charge in [-0.15, -0.1) is 0 Å². The average Bonchev–Trinajstić information content (AvgIpc) is 2.29. The second-order valence-corrected chi connectivity index (χ2v) is 4.07. The highest BCUT2D eigenvalue weighted by Gasteiger charge is 2.30. The van der Waals surface area contributed by atoms with Crippen LogP contribution in [0.1, 0.15) is 32.1 Å². The predicted octanol–water partition coefficient (Wildman–Crippen LogP) is 3.10. The fourth-order valence-corrected chi connectivity index (χ4v) is 2.30. The third-order valence-electron chi connectivity index (χ3n) is 3.12. The Morgan fingerprint density at radius 3 is 2.87 bits per heavy atom. The molecule has 2 unspecified atom stereocenters. The molecule has 1 fully saturated rings. The van der Waals surface area contributed by atoms with Gasteiger partial charge >= 0.3 is 5.97 Å². The van der Waals surface area contributed by atoms with Crippen LogP contribution in [0.3, 0.4) is 0 Å². The van der Waals surface area contributed by atoms with Crippen molar-refractivity contribution >= 4 is 5.97 Å². The first-order valence-corrected chi connectivity index (χ1v) is 5.65. The van der Waals surface area contributed by atoms with Crippen molar-refractivity contribution < 1.29 is 9.53 Å². The topological polar surface area (TPSA) is 26.3 Å². The van der Waals surface area contributed by atoms with Crippen LogP contribution in [-0.2, 0) is 9.53 Å². The van der Waals surface area contributed by atoms with E-state index in [1.54, 1.807) is 6.08 Å². The van der Waals surface area contributed by atoms with Crippen LogP contribution in [0.2, 0.25) is 0 Å². The number of methoxy groups -OCH3 is 1. The first-order chi connectivity index (χ1) is 7.29. The van der Waals surface area contributed by atoms with Gasteiger partial charge in [0.1, 0.15) is 0 Å². The minimum absolute atomic E-state index is 0.0355. The van der Waals surface area contributed by atoms with Gasteiger partial charge in [-0.05, 0) is 25.2 Å². The fourth-order valence-electron chi connectivity index (χ4n) is 2.30. The molecule has 0 saturated heterocycles. The number of hydrogen-bond donors (Lipinski definition) is 0. The summed E-state index contributed by atoms with van der Waals surface area (Å²) < 4.78 is 4.84. The van der Waals surface area contributed by atoms with Crippen molar-refractivity contribution in [3.63, 3.8) is 0 Å². The molecular formula is C13H20O2. The van der Waals surface area contributed by atoms with Crippen molar-refractivity contribution in [2.45, 2.75) is 32.1 Å². The van der Waals surface area contributed by atoms with E-state index in [1.807, 2.05) is 6.08 Å². The van der Waals surface area contributed by atoms with E-state index < -0.39 is 0 Å². The Hall–Kier alpha value is -1.05. The lowest BCUT2D eigenvalue weighted by atomic mass is 9.77. The van der Waals surface area contributed by atoms with Crippen molar-refractivity contribution in [3.8, 4) is 0 Å². The minimum atomic E-state index is -0.0355. The zero-order valence-electron chi connectivity index (χ0n) is 9.45. The summed E-state index contributed by atoms with van der Waals surface area (Å²) in [5.41, 5.74) is 0.